The predicted molar refractivity (Wildman–Crippen MR) is 127 cm³/mol. The molecule has 6 rings (SSSR count). The molecule has 1 fully saturated rings. The maximum absolute atomic E-state index is 12.7. The Morgan fingerprint density at radius 3 is 2.69 bits per heavy atom. The molecule has 8 nitrogen and oxygen atoms in total. The number of ether oxygens (including phenoxy) is 2. The third kappa shape index (κ3) is 4.38. The average molecular weight is 475 g/mol. The molecule has 2 aliphatic rings. The first-order chi connectivity index (χ1) is 17.1. The molecule has 0 spiro atoms. The monoisotopic (exact) mass is 474 g/mol. The summed E-state index contributed by atoms with van der Waals surface area (Å²) < 4.78 is 21.7. The minimum Gasteiger partial charge on any atom is -0.472 e. The van der Waals surface area contributed by atoms with Gasteiger partial charge in [-0.3, -0.25) is 9.69 Å². The summed E-state index contributed by atoms with van der Waals surface area (Å²) >= 11 is 0. The van der Waals surface area contributed by atoms with Crippen molar-refractivity contribution in [3.63, 3.8) is 0 Å². The van der Waals surface area contributed by atoms with E-state index in [1.54, 1.807) is 18.6 Å². The SMILES string of the molecule is O=C(NCc1ccc2c(c1)OCO2)c1cc2cc(C3(O)CCN(Cc4ccoc4)CC3)ccc2o1. The Balaban J connectivity index is 1.11. The predicted octanol–water partition coefficient (Wildman–Crippen LogP) is 4.17. The van der Waals surface area contributed by atoms with E-state index >= 15 is 0 Å². The second-order valence-electron chi connectivity index (χ2n) is 9.17. The van der Waals surface area contributed by atoms with Gasteiger partial charge >= 0.3 is 0 Å². The molecule has 0 saturated carbocycles. The van der Waals surface area contributed by atoms with Crippen LogP contribution in [0.3, 0.4) is 0 Å². The van der Waals surface area contributed by atoms with Crippen LogP contribution in [0.2, 0.25) is 0 Å². The van der Waals surface area contributed by atoms with Crippen LogP contribution >= 0.6 is 0 Å². The van der Waals surface area contributed by atoms with E-state index in [2.05, 4.69) is 10.2 Å². The number of aliphatic hydroxyl groups is 1. The van der Waals surface area contributed by atoms with E-state index in [0.29, 0.717) is 36.5 Å². The lowest BCUT2D eigenvalue weighted by Crippen LogP contribution is -2.42. The molecule has 2 aromatic heterocycles. The number of carbonyl (C=O) groups excluding carboxylic acids is 1. The third-order valence-electron chi connectivity index (χ3n) is 6.84. The minimum atomic E-state index is -0.903. The van der Waals surface area contributed by atoms with Crippen molar-refractivity contribution in [2.24, 2.45) is 0 Å². The summed E-state index contributed by atoms with van der Waals surface area (Å²) in [5, 5.41) is 15.0. The minimum absolute atomic E-state index is 0.213. The Hall–Kier alpha value is -3.75. The fourth-order valence-electron chi connectivity index (χ4n) is 4.78. The summed E-state index contributed by atoms with van der Waals surface area (Å²) in [5.74, 6) is 1.32. The molecule has 35 heavy (non-hydrogen) atoms. The second kappa shape index (κ2) is 8.79. The lowest BCUT2D eigenvalue weighted by molar-refractivity contribution is -0.0276. The number of hydrogen-bond donors (Lipinski definition) is 2. The van der Waals surface area contributed by atoms with E-state index in [-0.39, 0.29) is 18.5 Å². The van der Waals surface area contributed by atoms with Crippen LogP contribution in [0.1, 0.15) is 40.1 Å². The third-order valence-corrected chi connectivity index (χ3v) is 6.84. The number of likely N-dealkylation sites (tertiary alicyclic amines) is 1. The Kier molecular flexibility index (Phi) is 5.47. The van der Waals surface area contributed by atoms with Gasteiger partial charge in [0.05, 0.1) is 18.1 Å². The first-order valence-corrected chi connectivity index (χ1v) is 11.7. The van der Waals surface area contributed by atoms with Crippen molar-refractivity contribution in [2.45, 2.75) is 31.5 Å². The highest BCUT2D eigenvalue weighted by molar-refractivity contribution is 5.96. The quantitative estimate of drug-likeness (QED) is 0.433. The van der Waals surface area contributed by atoms with Gasteiger partial charge in [0, 0.05) is 37.1 Å². The number of benzene rings is 2. The maximum atomic E-state index is 12.7. The normalized spacial score (nSPS) is 17.1. The number of hydrogen-bond acceptors (Lipinski definition) is 7. The molecule has 180 valence electrons. The topological polar surface area (TPSA) is 97.3 Å². The highest BCUT2D eigenvalue weighted by Gasteiger charge is 2.34. The molecule has 1 saturated heterocycles. The van der Waals surface area contributed by atoms with Crippen LogP contribution in [-0.2, 0) is 18.7 Å². The van der Waals surface area contributed by atoms with Gasteiger partial charge in [-0.1, -0.05) is 12.1 Å². The molecule has 2 aromatic carbocycles. The molecule has 0 unspecified atom stereocenters. The van der Waals surface area contributed by atoms with Crippen LogP contribution in [0, 0.1) is 0 Å². The van der Waals surface area contributed by atoms with Gasteiger partial charge in [0.25, 0.3) is 5.91 Å². The highest BCUT2D eigenvalue weighted by atomic mass is 16.7. The first-order valence-electron chi connectivity index (χ1n) is 11.7. The van der Waals surface area contributed by atoms with Gasteiger partial charge in [-0.25, -0.2) is 0 Å². The number of fused-ring (bicyclic) bond motifs is 2. The van der Waals surface area contributed by atoms with Crippen LogP contribution in [0.15, 0.2) is 69.9 Å². The van der Waals surface area contributed by atoms with E-state index in [1.165, 1.54) is 0 Å². The van der Waals surface area contributed by atoms with Crippen molar-refractivity contribution in [2.75, 3.05) is 19.9 Å². The zero-order valence-corrected chi connectivity index (χ0v) is 19.2. The number of carbonyl (C=O) groups is 1. The maximum Gasteiger partial charge on any atom is 0.287 e. The number of furan rings is 2. The van der Waals surface area contributed by atoms with Gasteiger partial charge in [0.1, 0.15) is 5.58 Å². The number of piperidine rings is 1. The Labute approximate surface area is 202 Å². The Morgan fingerprint density at radius 1 is 1.00 bits per heavy atom. The van der Waals surface area contributed by atoms with E-state index < -0.39 is 5.60 Å². The van der Waals surface area contributed by atoms with E-state index in [0.717, 1.165) is 41.7 Å². The standard InChI is InChI=1S/C27H26N2O6/c30-26(28-14-18-1-3-23-24(11-18)34-17-33-23)25-13-20-12-21(2-4-22(20)35-25)27(31)6-8-29(9-7-27)15-19-5-10-32-16-19/h1-5,10-13,16,31H,6-9,14-15,17H2,(H,28,30). The Bertz CT molecular complexity index is 1350. The van der Waals surface area contributed by atoms with Crippen molar-refractivity contribution in [3.05, 3.63) is 83.5 Å². The molecule has 4 heterocycles. The molecule has 0 radical (unpaired) electrons. The average Bonchev–Trinajstić information content (AvgIpc) is 3.64. The molecule has 2 N–H and O–H groups in total. The fraction of sp³-hybridized carbons (Fsp3) is 0.296. The molecule has 0 bridgehead atoms. The van der Waals surface area contributed by atoms with Crippen molar-refractivity contribution in [1.82, 2.24) is 10.2 Å². The van der Waals surface area contributed by atoms with Gasteiger partial charge < -0.3 is 28.7 Å². The van der Waals surface area contributed by atoms with Gasteiger partial charge in [-0.2, -0.15) is 0 Å². The molecule has 0 atom stereocenters. The molecule has 0 aliphatic carbocycles. The van der Waals surface area contributed by atoms with Gasteiger partial charge in [-0.05, 0) is 60.4 Å². The van der Waals surface area contributed by atoms with E-state index in [9.17, 15) is 9.90 Å². The second-order valence-corrected chi connectivity index (χ2v) is 9.17. The summed E-state index contributed by atoms with van der Waals surface area (Å²) in [6, 6.07) is 14.9. The summed E-state index contributed by atoms with van der Waals surface area (Å²) in [4.78, 5) is 15.0. The summed E-state index contributed by atoms with van der Waals surface area (Å²) in [6.45, 7) is 2.95. The van der Waals surface area contributed by atoms with Gasteiger partial charge in [-0.15, -0.1) is 0 Å². The Morgan fingerprint density at radius 2 is 1.86 bits per heavy atom. The zero-order valence-electron chi connectivity index (χ0n) is 19.2. The fourth-order valence-corrected chi connectivity index (χ4v) is 4.78. The summed E-state index contributed by atoms with van der Waals surface area (Å²) in [5.41, 5.74) is 2.60. The number of rotatable bonds is 6. The van der Waals surface area contributed by atoms with E-state index in [4.69, 9.17) is 18.3 Å². The van der Waals surface area contributed by atoms with Crippen LogP contribution < -0.4 is 14.8 Å². The van der Waals surface area contributed by atoms with Crippen molar-refractivity contribution in [1.29, 1.82) is 0 Å². The smallest absolute Gasteiger partial charge is 0.287 e. The van der Waals surface area contributed by atoms with Crippen LogP contribution in [0.5, 0.6) is 11.5 Å². The molecule has 2 aliphatic heterocycles. The molecule has 8 heteroatoms. The molecule has 1 amide bonds. The molecule has 4 aromatic rings. The van der Waals surface area contributed by atoms with Crippen molar-refractivity contribution < 1.29 is 28.2 Å². The van der Waals surface area contributed by atoms with Gasteiger partial charge in [0.2, 0.25) is 6.79 Å². The zero-order chi connectivity index (χ0) is 23.8. The molecular weight excluding hydrogens is 448 g/mol. The number of amides is 1. The summed E-state index contributed by atoms with van der Waals surface area (Å²) in [7, 11) is 0. The first kappa shape index (κ1) is 21.8. The lowest BCUT2D eigenvalue weighted by atomic mass is 9.84. The largest absolute Gasteiger partial charge is 0.472 e. The molecular formula is C27H26N2O6. The van der Waals surface area contributed by atoms with Crippen LogP contribution in [0.4, 0.5) is 0 Å². The van der Waals surface area contributed by atoms with Crippen LogP contribution in [-0.4, -0.2) is 35.8 Å². The van der Waals surface area contributed by atoms with Crippen LogP contribution in [0.25, 0.3) is 11.0 Å². The van der Waals surface area contributed by atoms with Gasteiger partial charge in [0.15, 0.2) is 17.3 Å². The number of nitrogens with zero attached hydrogens (tertiary/aromatic N) is 1. The van der Waals surface area contributed by atoms with E-state index in [1.807, 2.05) is 42.5 Å². The summed E-state index contributed by atoms with van der Waals surface area (Å²) in [6.07, 6.45) is 4.71. The number of nitrogens with one attached hydrogen (secondary N) is 1. The van der Waals surface area contributed by atoms with Crippen molar-refractivity contribution in [3.8, 4) is 11.5 Å². The van der Waals surface area contributed by atoms with Crippen molar-refractivity contribution >= 4 is 16.9 Å². The highest BCUT2D eigenvalue weighted by Crippen LogP contribution is 2.36. The lowest BCUT2D eigenvalue weighted by Gasteiger charge is -2.38.